The van der Waals surface area contributed by atoms with Gasteiger partial charge in [0, 0.05) is 50.5 Å². The third kappa shape index (κ3) is 6.39. The first-order valence-electron chi connectivity index (χ1n) is 13.7. The molecule has 3 aromatic rings. The van der Waals surface area contributed by atoms with Gasteiger partial charge < -0.3 is 24.0 Å². The molecular formula is C32H39FN2O5. The van der Waals surface area contributed by atoms with Crippen molar-refractivity contribution in [3.05, 3.63) is 75.5 Å². The fourth-order valence-electron chi connectivity index (χ4n) is 5.28. The van der Waals surface area contributed by atoms with E-state index < -0.39 is 5.60 Å². The summed E-state index contributed by atoms with van der Waals surface area (Å²) in [5, 5.41) is 10.8. The summed E-state index contributed by atoms with van der Waals surface area (Å²) in [4.78, 5) is 26.3. The summed E-state index contributed by atoms with van der Waals surface area (Å²) >= 11 is 0. The van der Waals surface area contributed by atoms with Crippen LogP contribution in [-0.4, -0.2) is 39.7 Å². The van der Waals surface area contributed by atoms with Gasteiger partial charge in [0.25, 0.3) is 5.56 Å². The lowest BCUT2D eigenvalue weighted by atomic mass is 9.91. The smallest absolute Gasteiger partial charge is 0.254 e. The SMILES string of the molecule is CC(=O)N(C)C1CCC(Oc2cc(=O)n(C)cc2-c2cc(C(C)(C)O)ccc2Oc2c(C)cc(F)cc2C)CC1. The molecule has 1 aromatic heterocycles. The van der Waals surface area contributed by atoms with E-state index in [1.807, 2.05) is 13.1 Å². The Hall–Kier alpha value is -3.65. The standard InChI is InChI=1S/C32H39FN2O5/c1-19-14-23(33)15-20(2)31(19)40-28-13-8-22(32(4,5)38)16-26(28)27-18-34(6)30(37)17-29(27)39-25-11-9-24(10-12-25)35(7)21(3)36/h8,13-18,24-25,38H,9-12H2,1-7H3. The van der Waals surface area contributed by atoms with Gasteiger partial charge in [-0.2, -0.15) is 0 Å². The third-order valence-electron chi connectivity index (χ3n) is 7.79. The van der Waals surface area contributed by atoms with E-state index in [1.165, 1.54) is 22.8 Å². The molecule has 0 bridgehead atoms. The highest BCUT2D eigenvalue weighted by Gasteiger charge is 2.28. The van der Waals surface area contributed by atoms with Crippen molar-refractivity contribution in [2.75, 3.05) is 7.05 Å². The van der Waals surface area contributed by atoms with Crippen molar-refractivity contribution in [3.8, 4) is 28.4 Å². The number of rotatable bonds is 7. The van der Waals surface area contributed by atoms with Crippen LogP contribution >= 0.6 is 0 Å². The summed E-state index contributed by atoms with van der Waals surface area (Å²) in [6.07, 6.45) is 4.72. The topological polar surface area (TPSA) is 81.0 Å². The van der Waals surface area contributed by atoms with Gasteiger partial charge in [-0.25, -0.2) is 4.39 Å². The summed E-state index contributed by atoms with van der Waals surface area (Å²) in [6.45, 7) is 8.56. The predicted octanol–water partition coefficient (Wildman–Crippen LogP) is 6.00. The molecule has 8 heteroatoms. The minimum atomic E-state index is -1.13. The molecule has 0 saturated heterocycles. The zero-order valence-corrected chi connectivity index (χ0v) is 24.4. The normalized spacial score (nSPS) is 17.4. The molecular weight excluding hydrogens is 511 g/mol. The lowest BCUT2D eigenvalue weighted by molar-refractivity contribution is -0.130. The Kier molecular flexibility index (Phi) is 8.40. The molecule has 1 saturated carbocycles. The van der Waals surface area contributed by atoms with Crippen LogP contribution in [0.3, 0.4) is 0 Å². The van der Waals surface area contributed by atoms with Crippen LogP contribution in [0.5, 0.6) is 17.2 Å². The zero-order valence-electron chi connectivity index (χ0n) is 24.4. The molecule has 1 heterocycles. The van der Waals surface area contributed by atoms with Crippen molar-refractivity contribution >= 4 is 5.91 Å². The third-order valence-corrected chi connectivity index (χ3v) is 7.79. The molecule has 1 aliphatic rings. The van der Waals surface area contributed by atoms with Gasteiger partial charge in [0.1, 0.15) is 23.1 Å². The largest absolute Gasteiger partial charge is 0.490 e. The van der Waals surface area contributed by atoms with Gasteiger partial charge in [0.2, 0.25) is 5.91 Å². The number of benzene rings is 2. The zero-order chi connectivity index (χ0) is 29.4. The van der Waals surface area contributed by atoms with Gasteiger partial charge in [-0.15, -0.1) is 0 Å². The maximum Gasteiger partial charge on any atom is 0.254 e. The number of pyridine rings is 1. The maximum atomic E-state index is 14.0. The first kappa shape index (κ1) is 29.3. The van der Waals surface area contributed by atoms with Crippen LogP contribution in [0.15, 0.2) is 47.4 Å². The Morgan fingerprint density at radius 1 is 1.02 bits per heavy atom. The molecule has 0 atom stereocenters. The Balaban J connectivity index is 1.76. The summed E-state index contributed by atoms with van der Waals surface area (Å²) < 4.78 is 28.3. The van der Waals surface area contributed by atoms with Gasteiger partial charge in [-0.3, -0.25) is 9.59 Å². The summed E-state index contributed by atoms with van der Waals surface area (Å²) in [5.41, 5.74) is 1.91. The van der Waals surface area contributed by atoms with E-state index in [1.54, 1.807) is 64.9 Å². The molecule has 1 aliphatic carbocycles. The Bertz CT molecular complexity index is 1440. The predicted molar refractivity (Wildman–Crippen MR) is 153 cm³/mol. The van der Waals surface area contributed by atoms with Crippen molar-refractivity contribution in [2.45, 2.75) is 78.0 Å². The molecule has 0 radical (unpaired) electrons. The van der Waals surface area contributed by atoms with Crippen molar-refractivity contribution in [2.24, 2.45) is 7.05 Å². The highest BCUT2D eigenvalue weighted by atomic mass is 19.1. The molecule has 0 spiro atoms. The Labute approximate surface area is 235 Å². The van der Waals surface area contributed by atoms with Crippen LogP contribution in [0.4, 0.5) is 4.39 Å². The number of carbonyl (C=O) groups excluding carboxylic acids is 1. The van der Waals surface area contributed by atoms with Crippen LogP contribution < -0.4 is 15.0 Å². The van der Waals surface area contributed by atoms with Crippen molar-refractivity contribution in [1.82, 2.24) is 9.47 Å². The molecule has 7 nitrogen and oxygen atoms in total. The first-order valence-corrected chi connectivity index (χ1v) is 13.7. The molecule has 2 aromatic carbocycles. The molecule has 0 aliphatic heterocycles. The number of aliphatic hydroxyl groups is 1. The van der Waals surface area contributed by atoms with E-state index in [-0.39, 0.29) is 29.4 Å². The van der Waals surface area contributed by atoms with Crippen molar-refractivity contribution in [3.63, 3.8) is 0 Å². The molecule has 4 rings (SSSR count). The van der Waals surface area contributed by atoms with E-state index in [9.17, 15) is 19.1 Å². The Morgan fingerprint density at radius 3 is 2.23 bits per heavy atom. The number of aromatic nitrogens is 1. The number of ether oxygens (including phenoxy) is 2. The van der Waals surface area contributed by atoms with Gasteiger partial charge in [0.15, 0.2) is 0 Å². The highest BCUT2D eigenvalue weighted by Crippen LogP contribution is 2.42. The number of aryl methyl sites for hydroxylation is 3. The second-order valence-electron chi connectivity index (χ2n) is 11.4. The van der Waals surface area contributed by atoms with Crippen LogP contribution in [0.25, 0.3) is 11.1 Å². The second kappa shape index (κ2) is 11.5. The average Bonchev–Trinajstić information content (AvgIpc) is 2.87. The van der Waals surface area contributed by atoms with E-state index >= 15 is 0 Å². The summed E-state index contributed by atoms with van der Waals surface area (Å²) in [7, 11) is 3.50. The summed E-state index contributed by atoms with van der Waals surface area (Å²) in [5.74, 6) is 1.17. The molecule has 1 amide bonds. The lowest BCUT2D eigenvalue weighted by Gasteiger charge is -2.34. The number of carbonyl (C=O) groups is 1. The molecule has 1 fully saturated rings. The fraction of sp³-hybridized carbons (Fsp3) is 0.438. The average molecular weight is 551 g/mol. The van der Waals surface area contributed by atoms with Gasteiger partial charge in [-0.1, -0.05) is 6.07 Å². The second-order valence-corrected chi connectivity index (χ2v) is 11.4. The molecule has 40 heavy (non-hydrogen) atoms. The number of hydrogen-bond donors (Lipinski definition) is 1. The number of amides is 1. The number of halogens is 1. The molecule has 0 unspecified atom stereocenters. The van der Waals surface area contributed by atoms with Gasteiger partial charge in [-0.05, 0) is 94.3 Å². The summed E-state index contributed by atoms with van der Waals surface area (Å²) in [6, 6.07) is 9.92. The first-order chi connectivity index (χ1) is 18.7. The van der Waals surface area contributed by atoms with Crippen molar-refractivity contribution < 1.29 is 23.8 Å². The van der Waals surface area contributed by atoms with Crippen LogP contribution in [-0.2, 0) is 17.4 Å². The van der Waals surface area contributed by atoms with E-state index in [4.69, 9.17) is 9.47 Å². The van der Waals surface area contributed by atoms with Crippen LogP contribution in [0.1, 0.15) is 63.1 Å². The maximum absolute atomic E-state index is 14.0. The number of hydrogen-bond acceptors (Lipinski definition) is 5. The highest BCUT2D eigenvalue weighted by molar-refractivity contribution is 5.76. The van der Waals surface area contributed by atoms with E-state index in [0.717, 1.165) is 25.7 Å². The van der Waals surface area contributed by atoms with Gasteiger partial charge in [0.05, 0.1) is 11.7 Å². The minimum absolute atomic E-state index is 0.0454. The van der Waals surface area contributed by atoms with Gasteiger partial charge >= 0.3 is 0 Å². The lowest BCUT2D eigenvalue weighted by Crippen LogP contribution is -2.40. The van der Waals surface area contributed by atoms with E-state index in [2.05, 4.69) is 0 Å². The number of nitrogens with zero attached hydrogens (tertiary/aromatic N) is 2. The van der Waals surface area contributed by atoms with E-state index in [0.29, 0.717) is 45.1 Å². The van der Waals surface area contributed by atoms with Crippen LogP contribution in [0, 0.1) is 19.7 Å². The Morgan fingerprint density at radius 2 is 1.65 bits per heavy atom. The quantitative estimate of drug-likeness (QED) is 0.391. The monoisotopic (exact) mass is 550 g/mol. The minimum Gasteiger partial charge on any atom is -0.490 e. The molecule has 214 valence electrons. The fourth-order valence-corrected chi connectivity index (χ4v) is 5.28. The van der Waals surface area contributed by atoms with Crippen LogP contribution in [0.2, 0.25) is 0 Å². The molecule has 1 N–H and O–H groups in total. The van der Waals surface area contributed by atoms with Crippen molar-refractivity contribution in [1.29, 1.82) is 0 Å².